The first-order valence-electron chi connectivity index (χ1n) is 8.78. The number of benzene rings is 1. The highest BCUT2D eigenvalue weighted by Crippen LogP contribution is 2.26. The van der Waals surface area contributed by atoms with Gasteiger partial charge >= 0.3 is 0 Å². The maximum atomic E-state index is 12.9. The minimum absolute atomic E-state index is 0.0199. The van der Waals surface area contributed by atoms with Crippen LogP contribution >= 0.6 is 11.6 Å². The van der Waals surface area contributed by atoms with Crippen molar-refractivity contribution in [1.82, 2.24) is 9.88 Å². The van der Waals surface area contributed by atoms with Crippen molar-refractivity contribution in [2.24, 2.45) is 0 Å². The summed E-state index contributed by atoms with van der Waals surface area (Å²) in [6.45, 7) is 4.27. The zero-order chi connectivity index (χ0) is 18.7. The van der Waals surface area contributed by atoms with Crippen LogP contribution in [0.15, 0.2) is 35.1 Å². The summed E-state index contributed by atoms with van der Waals surface area (Å²) in [6.07, 6.45) is 4.08. The Bertz CT molecular complexity index is 805. The molecule has 0 bridgehead atoms. The Hall–Kier alpha value is -2.34. The Morgan fingerprint density at radius 1 is 1.42 bits per heavy atom. The van der Waals surface area contributed by atoms with Crippen LogP contribution in [0.25, 0.3) is 0 Å². The molecule has 0 N–H and O–H groups in total. The molecule has 0 radical (unpaired) electrons. The summed E-state index contributed by atoms with van der Waals surface area (Å²) in [5.41, 5.74) is 1.03. The summed E-state index contributed by atoms with van der Waals surface area (Å²) in [6, 6.07) is 7.16. The summed E-state index contributed by atoms with van der Waals surface area (Å²) in [5, 5.41) is 0.581. The Balaban J connectivity index is 1.86. The van der Waals surface area contributed by atoms with Gasteiger partial charge in [-0.3, -0.25) is 9.59 Å². The van der Waals surface area contributed by atoms with E-state index >= 15 is 0 Å². The summed E-state index contributed by atoms with van der Waals surface area (Å²) >= 11 is 6.07. The number of carbonyl (C=O) groups excluding carboxylic acids is 2. The monoisotopic (exact) mass is 375 g/mol. The highest BCUT2D eigenvalue weighted by molar-refractivity contribution is 6.30. The van der Waals surface area contributed by atoms with Crippen LogP contribution in [0.4, 0.5) is 5.69 Å². The normalized spacial score (nSPS) is 17.7. The third-order valence-corrected chi connectivity index (χ3v) is 4.89. The van der Waals surface area contributed by atoms with Crippen molar-refractivity contribution >= 4 is 29.1 Å². The molecule has 2 aromatic rings. The van der Waals surface area contributed by atoms with Crippen LogP contribution < -0.4 is 4.90 Å². The van der Waals surface area contributed by atoms with Gasteiger partial charge < -0.3 is 14.2 Å². The number of oxazole rings is 1. The second-order valence-corrected chi connectivity index (χ2v) is 6.91. The van der Waals surface area contributed by atoms with Crippen molar-refractivity contribution in [3.8, 4) is 0 Å². The molecule has 3 rings (SSSR count). The fraction of sp³-hybridized carbons (Fsp3) is 0.421. The van der Waals surface area contributed by atoms with Crippen LogP contribution in [-0.4, -0.2) is 40.8 Å². The van der Waals surface area contributed by atoms with E-state index in [4.69, 9.17) is 16.0 Å². The van der Waals surface area contributed by atoms with Crippen LogP contribution in [0.2, 0.25) is 5.02 Å². The predicted octanol–water partition coefficient (Wildman–Crippen LogP) is 3.68. The topological polar surface area (TPSA) is 66.7 Å². The van der Waals surface area contributed by atoms with Gasteiger partial charge in [0.25, 0.3) is 5.91 Å². The quantitative estimate of drug-likeness (QED) is 0.799. The molecule has 138 valence electrons. The van der Waals surface area contributed by atoms with E-state index in [1.54, 1.807) is 28.9 Å². The maximum absolute atomic E-state index is 12.9. The molecular weight excluding hydrogens is 354 g/mol. The zero-order valence-corrected chi connectivity index (χ0v) is 15.7. The molecule has 2 heterocycles. The van der Waals surface area contributed by atoms with Crippen LogP contribution in [0.1, 0.15) is 42.4 Å². The average Bonchev–Trinajstić information content (AvgIpc) is 3.05. The zero-order valence-electron chi connectivity index (χ0n) is 14.9. The Kier molecular flexibility index (Phi) is 5.61. The van der Waals surface area contributed by atoms with Crippen LogP contribution in [0, 0.1) is 6.92 Å². The third kappa shape index (κ3) is 3.75. The number of unbranched alkanes of at least 4 members (excludes halogenated alkanes) is 1. The van der Waals surface area contributed by atoms with Gasteiger partial charge in [-0.2, -0.15) is 0 Å². The fourth-order valence-corrected chi connectivity index (χ4v) is 3.42. The first-order valence-corrected chi connectivity index (χ1v) is 9.16. The Morgan fingerprint density at radius 2 is 2.23 bits per heavy atom. The molecule has 26 heavy (non-hydrogen) atoms. The first-order chi connectivity index (χ1) is 12.5. The minimum atomic E-state index is -0.253. The fourth-order valence-electron chi connectivity index (χ4n) is 3.24. The lowest BCUT2D eigenvalue weighted by Crippen LogP contribution is -2.58. The van der Waals surface area contributed by atoms with Gasteiger partial charge in [0, 0.05) is 17.3 Å². The average molecular weight is 376 g/mol. The first kappa shape index (κ1) is 18.5. The molecule has 1 atom stereocenters. The molecule has 0 unspecified atom stereocenters. The molecule has 1 aliphatic heterocycles. The predicted molar refractivity (Wildman–Crippen MR) is 99.4 cm³/mol. The van der Waals surface area contributed by atoms with Crippen molar-refractivity contribution in [1.29, 1.82) is 0 Å². The van der Waals surface area contributed by atoms with Gasteiger partial charge in [-0.15, -0.1) is 0 Å². The summed E-state index contributed by atoms with van der Waals surface area (Å²) < 4.78 is 5.15. The number of rotatable bonds is 5. The van der Waals surface area contributed by atoms with E-state index in [2.05, 4.69) is 11.9 Å². The number of hydrogen-bond acceptors (Lipinski definition) is 4. The molecule has 0 aliphatic carbocycles. The highest BCUT2D eigenvalue weighted by atomic mass is 35.5. The number of aryl methyl sites for hydroxylation is 1. The van der Waals surface area contributed by atoms with E-state index in [0.717, 1.165) is 24.9 Å². The van der Waals surface area contributed by atoms with Crippen molar-refractivity contribution < 1.29 is 14.0 Å². The molecule has 1 fully saturated rings. The smallest absolute Gasteiger partial charge is 0.276 e. The lowest BCUT2D eigenvalue weighted by atomic mass is 10.0. The number of piperazine rings is 1. The van der Waals surface area contributed by atoms with Gasteiger partial charge in [-0.05, 0) is 31.5 Å². The lowest BCUT2D eigenvalue weighted by Gasteiger charge is -2.41. The van der Waals surface area contributed by atoms with E-state index in [9.17, 15) is 9.59 Å². The number of anilines is 1. The summed E-state index contributed by atoms with van der Waals surface area (Å²) in [4.78, 5) is 33.0. The number of carbonyl (C=O) groups is 2. The van der Waals surface area contributed by atoms with Gasteiger partial charge in [0.15, 0.2) is 12.1 Å². The Labute approximate surface area is 157 Å². The second-order valence-electron chi connectivity index (χ2n) is 6.47. The number of nitrogens with zero attached hydrogens (tertiary/aromatic N) is 3. The highest BCUT2D eigenvalue weighted by Gasteiger charge is 2.37. The van der Waals surface area contributed by atoms with E-state index in [-0.39, 0.29) is 30.1 Å². The number of amides is 2. The van der Waals surface area contributed by atoms with Crippen LogP contribution in [0.3, 0.4) is 0 Å². The largest absolute Gasteiger partial charge is 0.448 e. The van der Waals surface area contributed by atoms with Crippen LogP contribution in [0.5, 0.6) is 0 Å². The van der Waals surface area contributed by atoms with E-state index < -0.39 is 0 Å². The van der Waals surface area contributed by atoms with Gasteiger partial charge in [0.05, 0.1) is 6.04 Å². The van der Waals surface area contributed by atoms with Gasteiger partial charge in [-0.25, -0.2) is 4.98 Å². The molecule has 1 saturated heterocycles. The van der Waals surface area contributed by atoms with Gasteiger partial charge in [0.2, 0.25) is 5.91 Å². The molecule has 2 amide bonds. The molecule has 1 aromatic heterocycles. The molecule has 7 heteroatoms. The number of hydrogen-bond donors (Lipinski definition) is 0. The molecule has 1 aromatic carbocycles. The lowest BCUT2D eigenvalue weighted by molar-refractivity contribution is -0.121. The molecule has 1 aliphatic rings. The molecule has 6 nitrogen and oxygen atoms in total. The van der Waals surface area contributed by atoms with E-state index in [1.165, 1.54) is 6.39 Å². The van der Waals surface area contributed by atoms with Crippen molar-refractivity contribution in [3.05, 3.63) is 47.1 Å². The minimum Gasteiger partial charge on any atom is -0.448 e. The van der Waals surface area contributed by atoms with Crippen molar-refractivity contribution in [2.75, 3.05) is 18.0 Å². The second kappa shape index (κ2) is 7.91. The van der Waals surface area contributed by atoms with Crippen LogP contribution in [-0.2, 0) is 4.79 Å². The third-order valence-electron chi connectivity index (χ3n) is 4.66. The molecule has 0 spiro atoms. The molecule has 0 saturated carbocycles. The maximum Gasteiger partial charge on any atom is 0.276 e. The molecular formula is C19H22ClN3O3. The van der Waals surface area contributed by atoms with E-state index in [0.29, 0.717) is 17.3 Å². The number of halogens is 1. The summed E-state index contributed by atoms with van der Waals surface area (Å²) in [7, 11) is 0. The number of aromatic nitrogens is 1. The van der Waals surface area contributed by atoms with Gasteiger partial charge in [-0.1, -0.05) is 37.4 Å². The SMILES string of the molecule is CCCC[C@H]1CN(c2cccc(Cl)c2)C(=O)CN1C(=O)c1ncoc1C. The van der Waals surface area contributed by atoms with Crippen molar-refractivity contribution in [3.63, 3.8) is 0 Å². The van der Waals surface area contributed by atoms with Crippen molar-refractivity contribution in [2.45, 2.75) is 39.2 Å². The Morgan fingerprint density at radius 3 is 2.88 bits per heavy atom. The van der Waals surface area contributed by atoms with E-state index in [1.807, 2.05) is 12.1 Å². The summed E-state index contributed by atoms with van der Waals surface area (Å²) in [5.74, 6) is 0.0833. The standard InChI is InChI=1S/C19H22ClN3O3/c1-3-4-7-16-10-22(15-8-5-6-14(20)9-15)17(24)11-23(16)19(25)18-13(2)26-12-21-18/h5-6,8-9,12,16H,3-4,7,10-11H2,1-2H3/t16-/m0/s1. The van der Waals surface area contributed by atoms with Gasteiger partial charge in [0.1, 0.15) is 12.3 Å².